The van der Waals surface area contributed by atoms with Crippen LogP contribution in [0.25, 0.3) is 0 Å². The minimum absolute atomic E-state index is 0.249. The summed E-state index contributed by atoms with van der Waals surface area (Å²) in [4.78, 5) is 23.0. The second kappa shape index (κ2) is 12.4. The Kier molecular flexibility index (Phi) is 8.77. The molecule has 1 aromatic carbocycles. The van der Waals surface area contributed by atoms with E-state index in [1.165, 1.54) is 0 Å². The van der Waals surface area contributed by atoms with Gasteiger partial charge in [-0.05, 0) is 31.4 Å². The van der Waals surface area contributed by atoms with Gasteiger partial charge >= 0.3 is 6.09 Å². The molecule has 3 aliphatic rings. The van der Waals surface area contributed by atoms with Gasteiger partial charge in [0.05, 0.1) is 30.8 Å². The van der Waals surface area contributed by atoms with Crippen LogP contribution in [0, 0.1) is 11.2 Å². The first kappa shape index (κ1) is 25.5. The lowest BCUT2D eigenvalue weighted by molar-refractivity contribution is 0.0530. The molecule has 0 unspecified atom stereocenters. The predicted molar refractivity (Wildman–Crippen MR) is 136 cm³/mol. The average molecular weight is 500 g/mol. The molecule has 194 valence electrons. The van der Waals surface area contributed by atoms with Crippen molar-refractivity contribution >= 4 is 24.0 Å². The summed E-state index contributed by atoms with van der Waals surface area (Å²) in [5.41, 5.74) is 6.98. The van der Waals surface area contributed by atoms with E-state index in [-0.39, 0.29) is 12.2 Å². The highest BCUT2D eigenvalue weighted by Gasteiger charge is 2.21. The maximum Gasteiger partial charge on any atom is 0.414 e. The molecule has 0 bridgehead atoms. The Morgan fingerprint density at radius 1 is 1.08 bits per heavy atom. The molecule has 1 amide bonds. The summed E-state index contributed by atoms with van der Waals surface area (Å²) in [5.74, 6) is 0.0770. The zero-order chi connectivity index (χ0) is 25.3. The number of hydrogen-bond donors (Lipinski definition) is 3. The molecule has 10 nitrogen and oxygen atoms in total. The van der Waals surface area contributed by atoms with E-state index in [0.717, 1.165) is 70.2 Å². The van der Waals surface area contributed by atoms with Crippen LogP contribution in [-0.2, 0) is 16.1 Å². The van der Waals surface area contributed by atoms with E-state index in [1.807, 2.05) is 16.4 Å². The van der Waals surface area contributed by atoms with Crippen molar-refractivity contribution in [1.82, 2.24) is 15.1 Å². The fourth-order valence-corrected chi connectivity index (χ4v) is 4.52. The third-order valence-electron chi connectivity index (χ3n) is 6.37. The SMILES string of the molecule is N=C(N)NC(=O)OCc1cccc(N2CCCN(C3=C/CC/C=C(N4CCOCC4)/N=C\3)CC2)c1F. The number of amides is 1. The Balaban J connectivity index is 1.38. The summed E-state index contributed by atoms with van der Waals surface area (Å²) in [5, 5.41) is 9.09. The third-order valence-corrected chi connectivity index (χ3v) is 6.37. The number of alkyl carbamates (subject to hydrolysis) is 1. The Morgan fingerprint density at radius 2 is 1.83 bits per heavy atom. The van der Waals surface area contributed by atoms with E-state index in [1.54, 1.807) is 18.2 Å². The molecule has 1 aromatic rings. The number of anilines is 1. The Labute approximate surface area is 210 Å². The van der Waals surface area contributed by atoms with Crippen LogP contribution in [0.3, 0.4) is 0 Å². The van der Waals surface area contributed by atoms with Crippen LogP contribution >= 0.6 is 0 Å². The summed E-state index contributed by atoms with van der Waals surface area (Å²) in [6.45, 7) is 5.91. The molecular formula is C25H34FN7O3. The number of morpholine rings is 1. The van der Waals surface area contributed by atoms with Crippen molar-refractivity contribution in [1.29, 1.82) is 5.41 Å². The monoisotopic (exact) mass is 499 g/mol. The topological polar surface area (TPSA) is 120 Å². The number of nitrogens with two attached hydrogens (primary N) is 1. The van der Waals surface area contributed by atoms with Gasteiger partial charge in [-0.3, -0.25) is 10.7 Å². The summed E-state index contributed by atoms with van der Waals surface area (Å²) in [6, 6.07) is 5.09. The quantitative estimate of drug-likeness (QED) is 0.420. The van der Waals surface area contributed by atoms with Crippen LogP contribution in [0.15, 0.2) is 46.9 Å². The molecule has 3 heterocycles. The van der Waals surface area contributed by atoms with Crippen LogP contribution in [0.5, 0.6) is 0 Å². The number of guanidine groups is 1. The van der Waals surface area contributed by atoms with Crippen LogP contribution in [0.2, 0.25) is 0 Å². The van der Waals surface area contributed by atoms with E-state index in [0.29, 0.717) is 18.8 Å². The molecule has 2 fully saturated rings. The number of carbonyl (C=O) groups excluding carboxylic acids is 1. The first-order valence-corrected chi connectivity index (χ1v) is 12.3. The van der Waals surface area contributed by atoms with Crippen molar-refractivity contribution in [2.24, 2.45) is 10.7 Å². The molecule has 4 rings (SSSR count). The van der Waals surface area contributed by atoms with Gasteiger partial charge in [-0.2, -0.15) is 0 Å². The largest absolute Gasteiger partial charge is 0.444 e. The number of allylic oxidation sites excluding steroid dienone is 3. The van der Waals surface area contributed by atoms with Gasteiger partial charge in [-0.15, -0.1) is 0 Å². The average Bonchev–Trinajstić information content (AvgIpc) is 3.10. The first-order valence-electron chi connectivity index (χ1n) is 12.3. The third kappa shape index (κ3) is 6.75. The molecular weight excluding hydrogens is 465 g/mol. The van der Waals surface area contributed by atoms with Gasteiger partial charge in [0.1, 0.15) is 12.4 Å². The summed E-state index contributed by atoms with van der Waals surface area (Å²) in [6.07, 6.45) is 8.26. The molecule has 4 N–H and O–H groups in total. The van der Waals surface area contributed by atoms with E-state index < -0.39 is 17.9 Å². The van der Waals surface area contributed by atoms with Crippen molar-refractivity contribution in [3.63, 3.8) is 0 Å². The normalized spacial score (nSPS) is 22.8. The fraction of sp³-hybridized carbons (Fsp3) is 0.480. The van der Waals surface area contributed by atoms with Gasteiger partial charge < -0.3 is 29.9 Å². The number of halogens is 1. The van der Waals surface area contributed by atoms with Crippen LogP contribution in [0.4, 0.5) is 14.9 Å². The number of hydrogen-bond acceptors (Lipinski definition) is 8. The second-order valence-electron chi connectivity index (χ2n) is 8.82. The fourth-order valence-electron chi connectivity index (χ4n) is 4.52. The van der Waals surface area contributed by atoms with Crippen LogP contribution in [0.1, 0.15) is 24.8 Å². The van der Waals surface area contributed by atoms with Crippen molar-refractivity contribution in [3.8, 4) is 0 Å². The highest BCUT2D eigenvalue weighted by molar-refractivity contribution is 5.90. The molecule has 11 heteroatoms. The molecule has 2 saturated heterocycles. The maximum absolute atomic E-state index is 15.3. The van der Waals surface area contributed by atoms with Gasteiger partial charge in [0.2, 0.25) is 0 Å². The number of benzene rings is 1. The maximum atomic E-state index is 15.3. The number of aliphatic imine (C=N–C) groups is 1. The second-order valence-corrected chi connectivity index (χ2v) is 8.82. The van der Waals surface area contributed by atoms with Gasteiger partial charge in [-0.1, -0.05) is 18.2 Å². The number of nitrogens with zero attached hydrogens (tertiary/aromatic N) is 4. The number of rotatable bonds is 5. The Hall–Kier alpha value is -3.60. The lowest BCUT2D eigenvalue weighted by atomic mass is 10.1. The van der Waals surface area contributed by atoms with Crippen molar-refractivity contribution in [2.45, 2.75) is 25.9 Å². The summed E-state index contributed by atoms with van der Waals surface area (Å²) >= 11 is 0. The standard InChI is InChI=1S/C25H34FN7O3/c26-23-19(18-36-25(34)30-24(27)28)5-3-7-21(23)32-10-4-9-31(11-12-32)20-6-1-2-8-22(29-17-20)33-13-15-35-16-14-33/h3,5-8,17H,1-2,4,9-16,18H2,(H4,27,28,30,34)/b20-6+,22-8-,29-17-. The zero-order valence-corrected chi connectivity index (χ0v) is 20.4. The molecule has 0 atom stereocenters. The Morgan fingerprint density at radius 3 is 2.64 bits per heavy atom. The lowest BCUT2D eigenvalue weighted by Gasteiger charge is -2.30. The number of nitrogens with one attached hydrogen (secondary N) is 2. The zero-order valence-electron chi connectivity index (χ0n) is 20.4. The highest BCUT2D eigenvalue weighted by Crippen LogP contribution is 2.25. The smallest absolute Gasteiger partial charge is 0.414 e. The van der Waals surface area contributed by atoms with Gasteiger partial charge in [0.25, 0.3) is 0 Å². The van der Waals surface area contributed by atoms with Crippen molar-refractivity contribution < 1.29 is 18.7 Å². The van der Waals surface area contributed by atoms with E-state index in [4.69, 9.17) is 25.6 Å². The lowest BCUT2D eigenvalue weighted by Crippen LogP contribution is -2.36. The van der Waals surface area contributed by atoms with Gasteiger partial charge in [0.15, 0.2) is 11.8 Å². The number of carbonyl (C=O) groups is 1. The predicted octanol–water partition coefficient (Wildman–Crippen LogP) is 2.38. The molecule has 0 radical (unpaired) electrons. The van der Waals surface area contributed by atoms with E-state index >= 15 is 4.39 Å². The van der Waals surface area contributed by atoms with Crippen LogP contribution < -0.4 is 16.0 Å². The molecule has 0 aromatic heterocycles. The minimum atomic E-state index is -0.890. The summed E-state index contributed by atoms with van der Waals surface area (Å²) < 4.78 is 25.7. The molecule has 0 spiro atoms. The molecule has 0 saturated carbocycles. The molecule has 0 aliphatic carbocycles. The van der Waals surface area contributed by atoms with Crippen molar-refractivity contribution in [3.05, 3.63) is 53.2 Å². The minimum Gasteiger partial charge on any atom is -0.444 e. The summed E-state index contributed by atoms with van der Waals surface area (Å²) in [7, 11) is 0. The van der Waals surface area contributed by atoms with Crippen LogP contribution in [-0.4, -0.2) is 80.5 Å². The van der Waals surface area contributed by atoms with Crippen molar-refractivity contribution in [2.75, 3.05) is 57.4 Å². The molecule has 36 heavy (non-hydrogen) atoms. The number of ether oxygens (including phenoxy) is 2. The Bertz CT molecular complexity index is 1040. The first-order chi connectivity index (χ1) is 17.5. The van der Waals surface area contributed by atoms with Gasteiger partial charge in [-0.25, -0.2) is 14.2 Å². The van der Waals surface area contributed by atoms with Gasteiger partial charge in [0, 0.05) is 44.8 Å². The van der Waals surface area contributed by atoms with E-state index in [9.17, 15) is 4.79 Å². The highest BCUT2D eigenvalue weighted by atomic mass is 19.1. The van der Waals surface area contributed by atoms with E-state index in [2.05, 4.69) is 22.0 Å². The molecule has 3 aliphatic heterocycles.